The fraction of sp³-hybridized carbons (Fsp3) is 0.300. The zero-order valence-corrected chi connectivity index (χ0v) is 11.2. The molecule has 1 fully saturated rings. The van der Waals surface area contributed by atoms with Crippen molar-refractivity contribution >= 4 is 46.2 Å². The predicted molar refractivity (Wildman–Crippen MR) is 73.3 cm³/mol. The highest BCUT2D eigenvalue weighted by atomic mass is 35.5. The first-order valence-corrected chi connectivity index (χ1v) is 6.18. The van der Waals surface area contributed by atoms with Crippen LogP contribution in [0.3, 0.4) is 0 Å². The molecule has 0 atom stereocenters. The quantitative estimate of drug-likeness (QED) is 0.778. The largest absolute Gasteiger partial charge is 0.363 e. The van der Waals surface area contributed by atoms with Gasteiger partial charge in [0, 0.05) is 5.02 Å². The summed E-state index contributed by atoms with van der Waals surface area (Å²) in [4.78, 5) is 0. The molecule has 0 aliphatic carbocycles. The third-order valence-electron chi connectivity index (χ3n) is 2.23. The van der Waals surface area contributed by atoms with E-state index in [9.17, 15) is 0 Å². The fourth-order valence-corrected chi connectivity index (χ4v) is 2.10. The highest BCUT2D eigenvalue weighted by Crippen LogP contribution is 2.25. The molecule has 1 aliphatic heterocycles. The molecular formula is C10H11Cl2N3OS. The molecule has 4 nitrogen and oxygen atoms in total. The van der Waals surface area contributed by atoms with Gasteiger partial charge in [0.1, 0.15) is 6.73 Å². The number of nitrogens with zero attached hydrogens (tertiary/aromatic N) is 1. The number of thiocarbonyl (C=S) groups is 1. The lowest BCUT2D eigenvalue weighted by molar-refractivity contribution is 0.0178. The van der Waals surface area contributed by atoms with Gasteiger partial charge in [-0.05, 0) is 30.4 Å². The smallest absolute Gasteiger partial charge is 0.188 e. The molecule has 1 aliphatic rings. The van der Waals surface area contributed by atoms with Crippen molar-refractivity contribution < 1.29 is 4.74 Å². The first-order chi connectivity index (χ1) is 8.16. The van der Waals surface area contributed by atoms with Gasteiger partial charge in [0.25, 0.3) is 0 Å². The molecule has 1 heterocycles. The fourth-order valence-electron chi connectivity index (χ4n) is 1.38. The average molecular weight is 292 g/mol. The lowest BCUT2D eigenvalue weighted by Gasteiger charge is -2.30. The molecule has 0 aromatic heterocycles. The van der Waals surface area contributed by atoms with Crippen LogP contribution < -0.4 is 10.7 Å². The number of nitrogens with one attached hydrogen (secondary N) is 2. The van der Waals surface area contributed by atoms with Crippen LogP contribution in [-0.4, -0.2) is 30.0 Å². The van der Waals surface area contributed by atoms with E-state index in [1.54, 1.807) is 18.2 Å². The minimum absolute atomic E-state index is 0.455. The van der Waals surface area contributed by atoms with Gasteiger partial charge in [-0.25, -0.2) is 5.43 Å². The van der Waals surface area contributed by atoms with Crippen LogP contribution in [0.5, 0.6) is 0 Å². The van der Waals surface area contributed by atoms with Crippen LogP contribution >= 0.6 is 35.4 Å². The van der Waals surface area contributed by atoms with Crippen LogP contribution in [0, 0.1) is 0 Å². The summed E-state index contributed by atoms with van der Waals surface area (Å²) in [6.07, 6.45) is 0. The summed E-state index contributed by atoms with van der Waals surface area (Å²) in [5.74, 6) is 0. The Morgan fingerprint density at radius 1 is 1.47 bits per heavy atom. The van der Waals surface area contributed by atoms with E-state index in [1.807, 2.05) is 5.01 Å². The molecule has 0 unspecified atom stereocenters. The van der Waals surface area contributed by atoms with Gasteiger partial charge in [-0.3, -0.25) is 5.01 Å². The molecule has 0 bridgehead atoms. The average Bonchev–Trinajstić information content (AvgIpc) is 2.34. The Kier molecular flexibility index (Phi) is 4.42. The van der Waals surface area contributed by atoms with Crippen LogP contribution in [0.15, 0.2) is 18.2 Å². The van der Waals surface area contributed by atoms with E-state index in [4.69, 9.17) is 40.2 Å². The van der Waals surface area contributed by atoms with Crippen molar-refractivity contribution in [3.63, 3.8) is 0 Å². The predicted octanol–water partition coefficient (Wildman–Crippen LogP) is 2.48. The second-order valence-electron chi connectivity index (χ2n) is 3.42. The van der Waals surface area contributed by atoms with Crippen LogP contribution in [0.1, 0.15) is 0 Å². The number of hydrogen-bond acceptors (Lipinski definition) is 3. The minimum atomic E-state index is 0.455. The summed E-state index contributed by atoms with van der Waals surface area (Å²) >= 11 is 17.1. The van der Waals surface area contributed by atoms with Gasteiger partial charge in [-0.15, -0.1) is 0 Å². The molecule has 17 heavy (non-hydrogen) atoms. The molecule has 1 aromatic rings. The van der Waals surface area contributed by atoms with Crippen molar-refractivity contribution in [3.05, 3.63) is 28.2 Å². The van der Waals surface area contributed by atoms with E-state index in [0.717, 1.165) is 5.69 Å². The van der Waals surface area contributed by atoms with Crippen LogP contribution in [0.2, 0.25) is 10.0 Å². The van der Waals surface area contributed by atoms with Crippen molar-refractivity contribution in [1.82, 2.24) is 10.4 Å². The van der Waals surface area contributed by atoms with Gasteiger partial charge in [0.15, 0.2) is 5.11 Å². The molecule has 2 rings (SSSR count). The molecular weight excluding hydrogens is 281 g/mol. The minimum Gasteiger partial charge on any atom is -0.363 e. The van der Waals surface area contributed by atoms with Gasteiger partial charge >= 0.3 is 0 Å². The molecule has 0 amide bonds. The molecule has 0 radical (unpaired) electrons. The lowest BCUT2D eigenvalue weighted by atomic mass is 10.3. The summed E-state index contributed by atoms with van der Waals surface area (Å²) in [7, 11) is 0. The van der Waals surface area contributed by atoms with E-state index in [1.165, 1.54) is 0 Å². The zero-order chi connectivity index (χ0) is 12.3. The highest BCUT2D eigenvalue weighted by molar-refractivity contribution is 7.80. The zero-order valence-electron chi connectivity index (χ0n) is 8.87. The lowest BCUT2D eigenvalue weighted by Crippen LogP contribution is -2.51. The maximum Gasteiger partial charge on any atom is 0.188 e. The molecule has 7 heteroatoms. The van der Waals surface area contributed by atoms with Gasteiger partial charge in [-0.2, -0.15) is 0 Å². The molecule has 92 valence electrons. The maximum atomic E-state index is 6.04. The maximum absolute atomic E-state index is 6.04. The molecule has 0 saturated carbocycles. The van der Waals surface area contributed by atoms with Crippen molar-refractivity contribution in [2.45, 2.75) is 0 Å². The normalized spacial score (nSPS) is 15.8. The Balaban J connectivity index is 2.02. The number of hydrazine groups is 1. The summed E-state index contributed by atoms with van der Waals surface area (Å²) in [5.41, 5.74) is 3.74. The number of ether oxygens (including phenoxy) is 1. The number of benzene rings is 1. The second kappa shape index (κ2) is 5.84. The van der Waals surface area contributed by atoms with E-state index in [-0.39, 0.29) is 0 Å². The SMILES string of the molecule is S=C(Nc1ccc(Cl)cc1Cl)N1CCOCN1. The number of hydrogen-bond donors (Lipinski definition) is 2. The van der Waals surface area contributed by atoms with Gasteiger partial charge in [0.05, 0.1) is 23.9 Å². The Morgan fingerprint density at radius 3 is 2.94 bits per heavy atom. The summed E-state index contributed by atoms with van der Waals surface area (Å²) < 4.78 is 5.16. The molecule has 1 saturated heterocycles. The topological polar surface area (TPSA) is 36.5 Å². The Bertz CT molecular complexity index is 424. The van der Waals surface area contributed by atoms with E-state index in [2.05, 4.69) is 10.7 Å². The van der Waals surface area contributed by atoms with Crippen molar-refractivity contribution in [3.8, 4) is 0 Å². The van der Waals surface area contributed by atoms with Gasteiger partial charge in [0.2, 0.25) is 0 Å². The Morgan fingerprint density at radius 2 is 2.29 bits per heavy atom. The summed E-state index contributed by atoms with van der Waals surface area (Å²) in [6, 6.07) is 5.21. The Labute approximate surface area is 115 Å². The molecule has 2 N–H and O–H groups in total. The van der Waals surface area contributed by atoms with E-state index < -0.39 is 0 Å². The van der Waals surface area contributed by atoms with Crippen molar-refractivity contribution in [2.24, 2.45) is 0 Å². The second-order valence-corrected chi connectivity index (χ2v) is 4.65. The van der Waals surface area contributed by atoms with E-state index in [0.29, 0.717) is 35.0 Å². The molecule has 0 spiro atoms. The van der Waals surface area contributed by atoms with Crippen LogP contribution in [-0.2, 0) is 4.74 Å². The number of rotatable bonds is 1. The van der Waals surface area contributed by atoms with Crippen molar-refractivity contribution in [2.75, 3.05) is 25.2 Å². The van der Waals surface area contributed by atoms with Crippen molar-refractivity contribution in [1.29, 1.82) is 0 Å². The third-order valence-corrected chi connectivity index (χ3v) is 3.10. The van der Waals surface area contributed by atoms with E-state index >= 15 is 0 Å². The molecule has 1 aromatic carbocycles. The first kappa shape index (κ1) is 12.9. The number of halogens is 2. The van der Waals surface area contributed by atoms with Crippen LogP contribution in [0.25, 0.3) is 0 Å². The standard InChI is InChI=1S/C10H11Cl2N3OS/c11-7-1-2-9(8(12)5-7)14-10(17)15-3-4-16-6-13-15/h1-2,5,13H,3-4,6H2,(H,14,17). The highest BCUT2D eigenvalue weighted by Gasteiger charge is 2.14. The van der Waals surface area contributed by atoms with Gasteiger partial charge < -0.3 is 10.1 Å². The monoisotopic (exact) mass is 291 g/mol. The third kappa shape index (κ3) is 3.43. The summed E-state index contributed by atoms with van der Waals surface area (Å²) in [5, 5.41) is 6.55. The summed E-state index contributed by atoms with van der Waals surface area (Å²) in [6.45, 7) is 1.79. The Hall–Kier alpha value is -0.590. The van der Waals surface area contributed by atoms with Crippen LogP contribution in [0.4, 0.5) is 5.69 Å². The first-order valence-electron chi connectivity index (χ1n) is 5.01. The van der Waals surface area contributed by atoms with Gasteiger partial charge in [-0.1, -0.05) is 23.2 Å². The number of anilines is 1.